The number of furan rings is 1. The smallest absolute Gasteiger partial charge is 0.278 e. The molecule has 1 aliphatic carbocycles. The molecule has 0 aliphatic heterocycles. The van der Waals surface area contributed by atoms with Gasteiger partial charge in [-0.2, -0.15) is 0 Å². The third kappa shape index (κ3) is 4.03. The lowest BCUT2D eigenvalue weighted by atomic mass is 10.1. The summed E-state index contributed by atoms with van der Waals surface area (Å²) in [7, 11) is 0. The zero-order chi connectivity index (χ0) is 21.4. The van der Waals surface area contributed by atoms with Crippen molar-refractivity contribution < 1.29 is 9.21 Å². The third-order valence-electron chi connectivity index (χ3n) is 5.45. The number of anilines is 1. The molecule has 2 N–H and O–H groups in total. The summed E-state index contributed by atoms with van der Waals surface area (Å²) in [5, 5.41) is 3.45. The van der Waals surface area contributed by atoms with E-state index >= 15 is 0 Å². The van der Waals surface area contributed by atoms with Gasteiger partial charge in [-0.3, -0.25) is 14.2 Å². The van der Waals surface area contributed by atoms with Gasteiger partial charge in [0, 0.05) is 11.4 Å². The molecule has 1 amide bonds. The van der Waals surface area contributed by atoms with Gasteiger partial charge in [0.05, 0.1) is 24.1 Å². The van der Waals surface area contributed by atoms with Crippen molar-refractivity contribution in [3.63, 3.8) is 0 Å². The monoisotopic (exact) mass is 434 g/mol. The van der Waals surface area contributed by atoms with Crippen LogP contribution in [-0.2, 0) is 24.2 Å². The van der Waals surface area contributed by atoms with Crippen LogP contribution in [-0.4, -0.2) is 26.2 Å². The predicted molar refractivity (Wildman–Crippen MR) is 121 cm³/mol. The van der Waals surface area contributed by atoms with Gasteiger partial charge in [0.25, 0.3) is 5.56 Å². The molecule has 1 aromatic carbocycles. The quantitative estimate of drug-likeness (QED) is 0.355. The van der Waals surface area contributed by atoms with Gasteiger partial charge >= 0.3 is 0 Å². The lowest BCUT2D eigenvalue weighted by Crippen LogP contribution is -2.24. The Bertz CT molecular complexity index is 1320. The van der Waals surface area contributed by atoms with Crippen LogP contribution in [0.15, 0.2) is 57.0 Å². The highest BCUT2D eigenvalue weighted by Crippen LogP contribution is 2.25. The first kappa shape index (κ1) is 19.7. The summed E-state index contributed by atoms with van der Waals surface area (Å²) in [5.41, 5.74) is 5.22. The van der Waals surface area contributed by atoms with Crippen LogP contribution in [0, 0.1) is 6.92 Å². The molecule has 0 atom stereocenters. The average molecular weight is 435 g/mol. The molecule has 0 saturated heterocycles. The number of fused-ring (bicyclic) bond motifs is 2. The summed E-state index contributed by atoms with van der Waals surface area (Å²) >= 11 is 1.24. The molecule has 4 aromatic rings. The van der Waals surface area contributed by atoms with Gasteiger partial charge in [-0.15, -0.1) is 0 Å². The Hall–Kier alpha value is -3.26. The number of thioether (sulfide) groups is 1. The summed E-state index contributed by atoms with van der Waals surface area (Å²) in [6, 6.07) is 11.5. The van der Waals surface area contributed by atoms with Crippen LogP contribution < -0.4 is 10.9 Å². The predicted octanol–water partition coefficient (Wildman–Crippen LogP) is 3.89. The summed E-state index contributed by atoms with van der Waals surface area (Å²) < 4.78 is 6.97. The summed E-state index contributed by atoms with van der Waals surface area (Å²) in [6.45, 7) is 2.14. The second-order valence-electron chi connectivity index (χ2n) is 7.75. The van der Waals surface area contributed by atoms with E-state index < -0.39 is 0 Å². The van der Waals surface area contributed by atoms with E-state index in [0.29, 0.717) is 22.0 Å². The van der Waals surface area contributed by atoms with Crippen LogP contribution in [0.1, 0.15) is 29.0 Å². The first-order chi connectivity index (χ1) is 15.1. The maximum Gasteiger partial charge on any atom is 0.278 e. The minimum Gasteiger partial charge on any atom is -0.467 e. The van der Waals surface area contributed by atoms with Gasteiger partial charge in [-0.25, -0.2) is 4.98 Å². The van der Waals surface area contributed by atoms with Crippen LogP contribution in [0.25, 0.3) is 11.0 Å². The van der Waals surface area contributed by atoms with Gasteiger partial charge < -0.3 is 14.7 Å². The highest BCUT2D eigenvalue weighted by atomic mass is 32.2. The minimum absolute atomic E-state index is 0.132. The summed E-state index contributed by atoms with van der Waals surface area (Å²) in [4.78, 5) is 33.4. The maximum atomic E-state index is 13.1. The number of aromatic nitrogens is 3. The van der Waals surface area contributed by atoms with Gasteiger partial charge in [0.15, 0.2) is 5.16 Å². The molecule has 0 saturated carbocycles. The molecule has 158 valence electrons. The first-order valence-electron chi connectivity index (χ1n) is 10.2. The van der Waals surface area contributed by atoms with Crippen LogP contribution in [0.5, 0.6) is 0 Å². The number of carbonyl (C=O) groups excluding carboxylic acids is 1. The third-order valence-corrected chi connectivity index (χ3v) is 6.42. The van der Waals surface area contributed by atoms with E-state index in [1.165, 1.54) is 29.3 Å². The van der Waals surface area contributed by atoms with Crippen molar-refractivity contribution >= 4 is 34.4 Å². The normalized spacial score (nSPS) is 12.9. The SMILES string of the molecule is Cc1cc2nc(SCC(=O)Nc3ccc4c(c3)CCC4)n(Cc3ccco3)c(=O)c2[nH]1. The summed E-state index contributed by atoms with van der Waals surface area (Å²) in [6.07, 6.45) is 4.91. The molecule has 0 unspecified atom stereocenters. The van der Waals surface area contributed by atoms with Crippen molar-refractivity contribution in [1.29, 1.82) is 0 Å². The second-order valence-corrected chi connectivity index (χ2v) is 8.69. The molecule has 3 aromatic heterocycles. The van der Waals surface area contributed by atoms with Crippen LogP contribution >= 0.6 is 11.8 Å². The van der Waals surface area contributed by atoms with Crippen molar-refractivity contribution in [3.05, 3.63) is 75.6 Å². The lowest BCUT2D eigenvalue weighted by Gasteiger charge is -2.11. The van der Waals surface area contributed by atoms with Gasteiger partial charge in [0.1, 0.15) is 11.3 Å². The molecule has 0 radical (unpaired) electrons. The van der Waals surface area contributed by atoms with E-state index in [-0.39, 0.29) is 23.8 Å². The Kier molecular flexibility index (Phi) is 5.15. The molecule has 0 fully saturated rings. The van der Waals surface area contributed by atoms with Gasteiger partial charge in [-0.05, 0) is 67.6 Å². The maximum absolute atomic E-state index is 13.1. The van der Waals surface area contributed by atoms with Crippen molar-refractivity contribution in [1.82, 2.24) is 14.5 Å². The molecule has 31 heavy (non-hydrogen) atoms. The molecule has 5 rings (SSSR count). The molecular weight excluding hydrogens is 412 g/mol. The number of aryl methyl sites for hydroxylation is 3. The highest BCUT2D eigenvalue weighted by molar-refractivity contribution is 7.99. The Morgan fingerprint density at radius 1 is 1.26 bits per heavy atom. The molecule has 8 heteroatoms. The number of hydrogen-bond acceptors (Lipinski definition) is 5. The van der Waals surface area contributed by atoms with Crippen molar-refractivity contribution in [2.24, 2.45) is 0 Å². The van der Waals surface area contributed by atoms with E-state index in [4.69, 9.17) is 4.42 Å². The van der Waals surface area contributed by atoms with E-state index in [1.807, 2.05) is 25.1 Å². The Morgan fingerprint density at radius 2 is 2.13 bits per heavy atom. The Balaban J connectivity index is 1.37. The number of aromatic amines is 1. The largest absolute Gasteiger partial charge is 0.467 e. The van der Waals surface area contributed by atoms with E-state index in [0.717, 1.165) is 24.2 Å². The number of rotatable bonds is 6. The summed E-state index contributed by atoms with van der Waals surface area (Å²) in [5.74, 6) is 0.666. The lowest BCUT2D eigenvalue weighted by molar-refractivity contribution is -0.113. The fourth-order valence-corrected chi connectivity index (χ4v) is 4.79. The van der Waals surface area contributed by atoms with Crippen molar-refractivity contribution in [2.45, 2.75) is 37.9 Å². The van der Waals surface area contributed by atoms with E-state index in [9.17, 15) is 9.59 Å². The second kappa shape index (κ2) is 8.11. The number of nitrogens with zero attached hydrogens (tertiary/aromatic N) is 2. The standard InChI is InChI=1S/C23H22N4O3S/c1-14-10-19-21(24-14)22(29)27(12-18-6-3-9-30-18)23(26-19)31-13-20(28)25-17-8-7-15-4-2-5-16(15)11-17/h3,6-11,24H,2,4-5,12-13H2,1H3,(H,25,28). The number of carbonyl (C=O) groups is 1. The molecule has 0 bridgehead atoms. The topological polar surface area (TPSA) is 92.9 Å². The van der Waals surface area contributed by atoms with Crippen LogP contribution in [0.4, 0.5) is 5.69 Å². The average Bonchev–Trinajstić information content (AvgIpc) is 3.49. The molecule has 0 spiro atoms. The van der Waals surface area contributed by atoms with Crippen LogP contribution in [0.2, 0.25) is 0 Å². The van der Waals surface area contributed by atoms with Crippen LogP contribution in [0.3, 0.4) is 0 Å². The minimum atomic E-state index is -0.184. The van der Waals surface area contributed by atoms with Gasteiger partial charge in [0.2, 0.25) is 5.91 Å². The zero-order valence-corrected chi connectivity index (χ0v) is 17.9. The number of nitrogens with one attached hydrogen (secondary N) is 2. The van der Waals surface area contributed by atoms with Gasteiger partial charge in [-0.1, -0.05) is 17.8 Å². The fraction of sp³-hybridized carbons (Fsp3) is 0.261. The van der Waals surface area contributed by atoms with E-state index in [2.05, 4.69) is 27.4 Å². The first-order valence-corrected chi connectivity index (χ1v) is 11.2. The fourth-order valence-electron chi connectivity index (χ4n) is 4.00. The number of hydrogen-bond donors (Lipinski definition) is 2. The Labute approximate surface area is 182 Å². The molecule has 1 aliphatic rings. The van der Waals surface area contributed by atoms with Crippen molar-refractivity contribution in [2.75, 3.05) is 11.1 Å². The van der Waals surface area contributed by atoms with E-state index in [1.54, 1.807) is 16.9 Å². The molecular formula is C23H22N4O3S. The zero-order valence-electron chi connectivity index (χ0n) is 17.1. The van der Waals surface area contributed by atoms with Crippen molar-refractivity contribution in [3.8, 4) is 0 Å². The number of H-pyrrole nitrogens is 1. The highest BCUT2D eigenvalue weighted by Gasteiger charge is 2.17. The number of benzene rings is 1. The Morgan fingerprint density at radius 3 is 2.97 bits per heavy atom. The molecule has 3 heterocycles. The number of amides is 1. The molecule has 7 nitrogen and oxygen atoms in total.